The van der Waals surface area contributed by atoms with Crippen LogP contribution in [0.5, 0.6) is 17.2 Å². The van der Waals surface area contributed by atoms with Crippen LogP contribution in [-0.2, 0) is 21.5 Å². The second-order valence-electron chi connectivity index (χ2n) is 10.9. The molecular formula is C32H33NO6. The van der Waals surface area contributed by atoms with Gasteiger partial charge in [-0.1, -0.05) is 58.0 Å². The van der Waals surface area contributed by atoms with E-state index in [9.17, 15) is 14.7 Å². The number of amides is 1. The van der Waals surface area contributed by atoms with Crippen LogP contribution in [0, 0.1) is 0 Å². The summed E-state index contributed by atoms with van der Waals surface area (Å²) in [7, 11) is 0. The molecule has 2 aliphatic heterocycles. The normalized spacial score (nSPS) is 18.1. The van der Waals surface area contributed by atoms with Crippen molar-refractivity contribution in [1.82, 2.24) is 4.90 Å². The summed E-state index contributed by atoms with van der Waals surface area (Å²) in [6, 6.07) is 19.5. The summed E-state index contributed by atoms with van der Waals surface area (Å²) in [6.45, 7) is 9.29. The molecule has 3 aromatic carbocycles. The first-order valence-corrected chi connectivity index (χ1v) is 13.2. The van der Waals surface area contributed by atoms with Gasteiger partial charge in [-0.15, -0.1) is 0 Å². The maximum atomic E-state index is 13.4. The van der Waals surface area contributed by atoms with Gasteiger partial charge in [0.2, 0.25) is 6.79 Å². The summed E-state index contributed by atoms with van der Waals surface area (Å²) in [5, 5.41) is 11.4. The third kappa shape index (κ3) is 5.21. The van der Waals surface area contributed by atoms with Gasteiger partial charge in [0.15, 0.2) is 11.5 Å². The molecule has 0 radical (unpaired) electrons. The van der Waals surface area contributed by atoms with E-state index in [0.29, 0.717) is 29.4 Å². The molecule has 7 heteroatoms. The molecule has 5 rings (SSSR count). The van der Waals surface area contributed by atoms with Crippen LogP contribution < -0.4 is 14.2 Å². The lowest BCUT2D eigenvalue weighted by atomic mass is 9.85. The lowest BCUT2D eigenvalue weighted by molar-refractivity contribution is -0.140. The zero-order valence-electron chi connectivity index (χ0n) is 22.7. The zero-order valence-corrected chi connectivity index (χ0v) is 22.7. The highest BCUT2D eigenvalue weighted by atomic mass is 16.7. The minimum absolute atomic E-state index is 0.0611. The quantitative estimate of drug-likeness (QED) is 0.226. The molecule has 0 spiro atoms. The number of aliphatic hydroxyl groups is 1. The predicted molar refractivity (Wildman–Crippen MR) is 148 cm³/mol. The van der Waals surface area contributed by atoms with Gasteiger partial charge in [-0.3, -0.25) is 9.59 Å². The molecule has 1 saturated heterocycles. The number of benzene rings is 3. The summed E-state index contributed by atoms with van der Waals surface area (Å²) in [4.78, 5) is 28.4. The Labute approximate surface area is 228 Å². The lowest BCUT2D eigenvalue weighted by Crippen LogP contribution is -2.29. The van der Waals surface area contributed by atoms with Crippen LogP contribution in [0.1, 0.15) is 62.4 Å². The number of ketones is 1. The van der Waals surface area contributed by atoms with Gasteiger partial charge in [-0.05, 0) is 64.9 Å². The predicted octanol–water partition coefficient (Wildman–Crippen LogP) is 6.12. The topological polar surface area (TPSA) is 85.3 Å². The van der Waals surface area contributed by atoms with E-state index in [2.05, 4.69) is 20.8 Å². The van der Waals surface area contributed by atoms with Crippen molar-refractivity contribution < 1.29 is 28.9 Å². The fourth-order valence-electron chi connectivity index (χ4n) is 4.88. The fourth-order valence-corrected chi connectivity index (χ4v) is 4.88. The molecule has 1 amide bonds. The molecule has 202 valence electrons. The second kappa shape index (κ2) is 10.5. The molecule has 0 aromatic heterocycles. The molecule has 39 heavy (non-hydrogen) atoms. The molecule has 2 aliphatic rings. The van der Waals surface area contributed by atoms with Crippen molar-refractivity contribution in [3.05, 3.63) is 94.6 Å². The number of hydrogen-bond acceptors (Lipinski definition) is 6. The van der Waals surface area contributed by atoms with Crippen molar-refractivity contribution >= 4 is 17.4 Å². The van der Waals surface area contributed by atoms with E-state index < -0.39 is 17.7 Å². The number of likely N-dealkylation sites (tertiary alicyclic amines) is 1. The molecular weight excluding hydrogens is 494 g/mol. The summed E-state index contributed by atoms with van der Waals surface area (Å²) >= 11 is 0. The first kappa shape index (κ1) is 26.4. The van der Waals surface area contributed by atoms with Crippen LogP contribution in [0.25, 0.3) is 5.76 Å². The number of hydrogen-bond donors (Lipinski definition) is 1. The Balaban J connectivity index is 1.56. The van der Waals surface area contributed by atoms with E-state index in [0.717, 1.165) is 23.1 Å². The van der Waals surface area contributed by atoms with Gasteiger partial charge in [0.25, 0.3) is 11.7 Å². The molecule has 1 N–H and O–H groups in total. The van der Waals surface area contributed by atoms with Crippen LogP contribution in [0.4, 0.5) is 0 Å². The van der Waals surface area contributed by atoms with E-state index in [4.69, 9.17) is 14.2 Å². The van der Waals surface area contributed by atoms with E-state index in [1.54, 1.807) is 30.3 Å². The molecule has 0 bridgehead atoms. The summed E-state index contributed by atoms with van der Waals surface area (Å²) in [5.41, 5.74) is 3.10. The Morgan fingerprint density at radius 2 is 1.67 bits per heavy atom. The van der Waals surface area contributed by atoms with Crippen molar-refractivity contribution in [1.29, 1.82) is 0 Å². The standard InChI is InChI=1S/C32H33NO6/c1-5-16-37-24-13-9-22(10-14-24)29(34)27-28(21-7-11-23(12-8-21)32(2,3)4)33(31(36)30(27)35)18-20-6-15-25-26(17-20)39-19-38-25/h6-15,17,28,34H,5,16,18-19H2,1-4H3/b29-27+. The Hall–Kier alpha value is -4.26. The van der Waals surface area contributed by atoms with Crippen LogP contribution >= 0.6 is 0 Å². The van der Waals surface area contributed by atoms with Gasteiger partial charge in [0.1, 0.15) is 11.5 Å². The van der Waals surface area contributed by atoms with Crippen molar-refractivity contribution in [3.8, 4) is 17.2 Å². The number of Topliss-reactive ketones (excluding diaryl/α,β-unsaturated/α-hetero) is 1. The van der Waals surface area contributed by atoms with Crippen molar-refractivity contribution in [2.24, 2.45) is 0 Å². The molecule has 2 heterocycles. The molecule has 0 saturated carbocycles. The Kier molecular flexibility index (Phi) is 7.08. The Bertz CT molecular complexity index is 1420. The first-order valence-electron chi connectivity index (χ1n) is 13.2. The first-order chi connectivity index (χ1) is 18.7. The number of nitrogens with zero attached hydrogens (tertiary/aromatic N) is 1. The van der Waals surface area contributed by atoms with Gasteiger partial charge in [0.05, 0.1) is 18.2 Å². The van der Waals surface area contributed by atoms with Gasteiger partial charge >= 0.3 is 0 Å². The van der Waals surface area contributed by atoms with Crippen molar-refractivity contribution in [3.63, 3.8) is 0 Å². The number of aliphatic hydroxyl groups excluding tert-OH is 1. The number of fused-ring (bicyclic) bond motifs is 1. The lowest BCUT2D eigenvalue weighted by Gasteiger charge is -2.26. The van der Waals surface area contributed by atoms with Crippen LogP contribution in [-0.4, -0.2) is 35.1 Å². The van der Waals surface area contributed by atoms with Crippen molar-refractivity contribution in [2.75, 3.05) is 13.4 Å². The third-order valence-electron chi connectivity index (χ3n) is 7.02. The smallest absolute Gasteiger partial charge is 0.295 e. The van der Waals surface area contributed by atoms with Crippen LogP contribution in [0.15, 0.2) is 72.3 Å². The minimum Gasteiger partial charge on any atom is -0.507 e. The molecule has 1 fully saturated rings. The SMILES string of the molecule is CCCOc1ccc(/C(O)=C2\C(=O)C(=O)N(Cc3ccc4c(c3)OCO4)C2c2ccc(C(C)(C)C)cc2)cc1. The highest BCUT2D eigenvalue weighted by molar-refractivity contribution is 6.46. The number of carbonyl (C=O) groups excluding carboxylic acids is 2. The average molecular weight is 528 g/mol. The third-order valence-corrected chi connectivity index (χ3v) is 7.02. The molecule has 1 unspecified atom stereocenters. The van der Waals surface area contributed by atoms with Gasteiger partial charge < -0.3 is 24.2 Å². The van der Waals surface area contributed by atoms with E-state index in [-0.39, 0.29) is 30.1 Å². The van der Waals surface area contributed by atoms with Gasteiger partial charge in [0, 0.05) is 12.1 Å². The van der Waals surface area contributed by atoms with Gasteiger partial charge in [-0.25, -0.2) is 0 Å². The summed E-state index contributed by atoms with van der Waals surface area (Å²) < 4.78 is 16.6. The highest BCUT2D eigenvalue weighted by Gasteiger charge is 2.46. The second-order valence-corrected chi connectivity index (χ2v) is 10.9. The number of carbonyl (C=O) groups is 2. The number of rotatable bonds is 7. The minimum atomic E-state index is -0.763. The molecule has 1 atom stereocenters. The molecule has 0 aliphatic carbocycles. The summed E-state index contributed by atoms with van der Waals surface area (Å²) in [6.07, 6.45) is 0.878. The van der Waals surface area contributed by atoms with E-state index in [1.807, 2.05) is 43.3 Å². The molecule has 7 nitrogen and oxygen atoms in total. The van der Waals surface area contributed by atoms with Crippen LogP contribution in [0.2, 0.25) is 0 Å². The number of ether oxygens (including phenoxy) is 3. The Morgan fingerprint density at radius 3 is 2.33 bits per heavy atom. The molecule has 3 aromatic rings. The monoisotopic (exact) mass is 527 g/mol. The maximum Gasteiger partial charge on any atom is 0.295 e. The van der Waals surface area contributed by atoms with Crippen molar-refractivity contribution in [2.45, 2.75) is 52.1 Å². The average Bonchev–Trinajstić information content (AvgIpc) is 3.49. The summed E-state index contributed by atoms with van der Waals surface area (Å²) in [5.74, 6) is 0.313. The fraction of sp³-hybridized carbons (Fsp3) is 0.312. The Morgan fingerprint density at radius 1 is 0.974 bits per heavy atom. The van der Waals surface area contributed by atoms with Gasteiger partial charge in [-0.2, -0.15) is 0 Å². The van der Waals surface area contributed by atoms with Crippen LogP contribution in [0.3, 0.4) is 0 Å². The highest BCUT2D eigenvalue weighted by Crippen LogP contribution is 2.42. The zero-order chi connectivity index (χ0) is 27.7. The van der Waals surface area contributed by atoms with E-state index in [1.165, 1.54) is 4.90 Å². The maximum absolute atomic E-state index is 13.4. The largest absolute Gasteiger partial charge is 0.507 e. The van der Waals surface area contributed by atoms with E-state index >= 15 is 0 Å².